The van der Waals surface area contributed by atoms with E-state index in [0.717, 1.165) is 11.3 Å². The SMILES string of the molecule is COc1ccccc1CN(C)C(=O)c1cn[nH]n1. The van der Waals surface area contributed by atoms with Crippen LogP contribution in [0.4, 0.5) is 0 Å². The number of H-pyrrole nitrogens is 1. The molecule has 6 heteroatoms. The van der Waals surface area contributed by atoms with Crippen molar-refractivity contribution in [1.29, 1.82) is 0 Å². The second kappa shape index (κ2) is 5.31. The Balaban J connectivity index is 2.11. The van der Waals surface area contributed by atoms with Crippen LogP contribution in [0.2, 0.25) is 0 Å². The van der Waals surface area contributed by atoms with Gasteiger partial charge in [-0.3, -0.25) is 4.79 Å². The van der Waals surface area contributed by atoms with Crippen LogP contribution >= 0.6 is 0 Å². The van der Waals surface area contributed by atoms with Crippen molar-refractivity contribution in [2.75, 3.05) is 14.2 Å². The molecule has 0 saturated heterocycles. The second-order valence-corrected chi connectivity index (χ2v) is 3.83. The van der Waals surface area contributed by atoms with Crippen molar-refractivity contribution in [2.45, 2.75) is 6.54 Å². The molecule has 1 aromatic carbocycles. The number of carbonyl (C=O) groups is 1. The zero-order valence-electron chi connectivity index (χ0n) is 10.3. The van der Waals surface area contributed by atoms with E-state index in [1.54, 1.807) is 19.1 Å². The Morgan fingerprint density at radius 2 is 2.22 bits per heavy atom. The molecule has 0 aliphatic carbocycles. The van der Waals surface area contributed by atoms with Gasteiger partial charge in [-0.2, -0.15) is 15.4 Å². The molecule has 18 heavy (non-hydrogen) atoms. The zero-order valence-corrected chi connectivity index (χ0v) is 10.3. The van der Waals surface area contributed by atoms with E-state index < -0.39 is 0 Å². The first-order chi connectivity index (χ1) is 8.72. The van der Waals surface area contributed by atoms with Crippen molar-refractivity contribution in [1.82, 2.24) is 20.3 Å². The monoisotopic (exact) mass is 246 g/mol. The van der Waals surface area contributed by atoms with E-state index in [9.17, 15) is 4.79 Å². The second-order valence-electron chi connectivity index (χ2n) is 3.83. The molecule has 0 unspecified atom stereocenters. The quantitative estimate of drug-likeness (QED) is 0.876. The van der Waals surface area contributed by atoms with Gasteiger partial charge in [0.15, 0.2) is 5.69 Å². The first-order valence-corrected chi connectivity index (χ1v) is 5.45. The summed E-state index contributed by atoms with van der Waals surface area (Å²) in [6, 6.07) is 7.59. The van der Waals surface area contributed by atoms with Gasteiger partial charge in [-0.1, -0.05) is 18.2 Å². The Hall–Kier alpha value is -2.37. The number of nitrogens with one attached hydrogen (secondary N) is 1. The maximum absolute atomic E-state index is 12.0. The van der Waals surface area contributed by atoms with Crippen LogP contribution in [0.1, 0.15) is 16.1 Å². The minimum Gasteiger partial charge on any atom is -0.496 e. The van der Waals surface area contributed by atoms with Gasteiger partial charge in [-0.05, 0) is 6.07 Å². The third-order valence-corrected chi connectivity index (χ3v) is 2.58. The number of methoxy groups -OCH3 is 1. The zero-order chi connectivity index (χ0) is 13.0. The van der Waals surface area contributed by atoms with Crippen LogP contribution in [0.5, 0.6) is 5.75 Å². The highest BCUT2D eigenvalue weighted by Crippen LogP contribution is 2.19. The maximum atomic E-state index is 12.0. The van der Waals surface area contributed by atoms with Gasteiger partial charge in [0, 0.05) is 19.2 Å². The van der Waals surface area contributed by atoms with Crippen molar-refractivity contribution in [3.8, 4) is 5.75 Å². The summed E-state index contributed by atoms with van der Waals surface area (Å²) in [5.41, 5.74) is 1.24. The number of hydrogen-bond acceptors (Lipinski definition) is 4. The van der Waals surface area contributed by atoms with Crippen LogP contribution in [0.15, 0.2) is 30.5 Å². The molecule has 0 atom stereocenters. The predicted molar refractivity (Wildman–Crippen MR) is 65.2 cm³/mol. The molecule has 2 rings (SSSR count). The maximum Gasteiger partial charge on any atom is 0.276 e. The Kier molecular flexibility index (Phi) is 3.57. The van der Waals surface area contributed by atoms with Crippen molar-refractivity contribution in [3.05, 3.63) is 41.7 Å². The minimum absolute atomic E-state index is 0.186. The molecule has 1 N–H and O–H groups in total. The summed E-state index contributed by atoms with van der Waals surface area (Å²) in [5, 5.41) is 9.80. The number of rotatable bonds is 4. The topological polar surface area (TPSA) is 71.1 Å². The van der Waals surface area contributed by atoms with Crippen LogP contribution in [0.3, 0.4) is 0 Å². The van der Waals surface area contributed by atoms with Gasteiger partial charge in [0.05, 0.1) is 13.3 Å². The molecule has 2 aromatic rings. The fourth-order valence-corrected chi connectivity index (χ4v) is 1.66. The van der Waals surface area contributed by atoms with Gasteiger partial charge in [0.1, 0.15) is 5.75 Å². The number of hydrogen-bond donors (Lipinski definition) is 1. The lowest BCUT2D eigenvalue weighted by Crippen LogP contribution is -2.26. The molecule has 0 aliphatic rings. The van der Waals surface area contributed by atoms with E-state index in [4.69, 9.17) is 4.74 Å². The molecule has 0 spiro atoms. The van der Waals surface area contributed by atoms with Crippen LogP contribution < -0.4 is 4.74 Å². The van der Waals surface area contributed by atoms with Gasteiger partial charge < -0.3 is 9.64 Å². The number of carbonyl (C=O) groups excluding carboxylic acids is 1. The lowest BCUT2D eigenvalue weighted by atomic mass is 10.2. The van der Waals surface area contributed by atoms with Gasteiger partial charge in [-0.15, -0.1) is 0 Å². The molecule has 0 fully saturated rings. The van der Waals surface area contributed by atoms with E-state index >= 15 is 0 Å². The van der Waals surface area contributed by atoms with Crippen LogP contribution in [-0.4, -0.2) is 40.4 Å². The normalized spacial score (nSPS) is 10.1. The molecule has 0 aliphatic heterocycles. The average Bonchev–Trinajstić information content (AvgIpc) is 2.92. The highest BCUT2D eigenvalue weighted by Gasteiger charge is 2.15. The van der Waals surface area contributed by atoms with Crippen molar-refractivity contribution in [3.63, 3.8) is 0 Å². The highest BCUT2D eigenvalue weighted by atomic mass is 16.5. The molecular weight excluding hydrogens is 232 g/mol. The summed E-state index contributed by atoms with van der Waals surface area (Å²) in [6.07, 6.45) is 1.40. The molecule has 0 bridgehead atoms. The fourth-order valence-electron chi connectivity index (χ4n) is 1.66. The van der Waals surface area contributed by atoms with Crippen LogP contribution in [0.25, 0.3) is 0 Å². The summed E-state index contributed by atoms with van der Waals surface area (Å²) < 4.78 is 5.24. The number of para-hydroxylation sites is 1. The Morgan fingerprint density at radius 1 is 1.44 bits per heavy atom. The Morgan fingerprint density at radius 3 is 2.89 bits per heavy atom. The summed E-state index contributed by atoms with van der Waals surface area (Å²) in [4.78, 5) is 13.5. The summed E-state index contributed by atoms with van der Waals surface area (Å²) in [6.45, 7) is 0.454. The van der Waals surface area contributed by atoms with Crippen molar-refractivity contribution < 1.29 is 9.53 Å². The smallest absolute Gasteiger partial charge is 0.276 e. The standard InChI is InChI=1S/C12H14N4O2/c1-16(12(17)10-7-13-15-14-10)8-9-5-3-4-6-11(9)18-2/h3-7H,8H2,1-2H3,(H,13,14,15). The molecule has 1 amide bonds. The molecule has 94 valence electrons. The van der Waals surface area contributed by atoms with Crippen molar-refractivity contribution >= 4 is 5.91 Å². The van der Waals surface area contributed by atoms with Crippen LogP contribution in [-0.2, 0) is 6.54 Å². The molecule has 1 heterocycles. The predicted octanol–water partition coefficient (Wildman–Crippen LogP) is 1.09. The summed E-state index contributed by atoms with van der Waals surface area (Å²) in [7, 11) is 3.32. The van der Waals surface area contributed by atoms with E-state index in [0.29, 0.717) is 12.2 Å². The largest absolute Gasteiger partial charge is 0.496 e. The molecular formula is C12H14N4O2. The number of ether oxygens (including phenoxy) is 1. The van der Waals surface area contributed by atoms with Gasteiger partial charge in [0.25, 0.3) is 5.91 Å². The minimum atomic E-state index is -0.186. The average molecular weight is 246 g/mol. The first-order valence-electron chi connectivity index (χ1n) is 5.45. The lowest BCUT2D eigenvalue weighted by molar-refractivity contribution is 0.0778. The molecule has 0 saturated carbocycles. The molecule has 0 radical (unpaired) electrons. The molecule has 6 nitrogen and oxygen atoms in total. The number of amides is 1. The first kappa shape index (κ1) is 12.1. The summed E-state index contributed by atoms with van der Waals surface area (Å²) >= 11 is 0. The number of benzene rings is 1. The molecule has 1 aromatic heterocycles. The number of aromatic amines is 1. The van der Waals surface area contributed by atoms with Gasteiger partial charge in [0.2, 0.25) is 0 Å². The third-order valence-electron chi connectivity index (χ3n) is 2.58. The number of nitrogens with zero attached hydrogens (tertiary/aromatic N) is 3. The van der Waals surface area contributed by atoms with E-state index in [2.05, 4.69) is 15.4 Å². The van der Waals surface area contributed by atoms with E-state index in [1.807, 2.05) is 24.3 Å². The Bertz CT molecular complexity index is 525. The lowest BCUT2D eigenvalue weighted by Gasteiger charge is -2.17. The van der Waals surface area contributed by atoms with E-state index in [1.165, 1.54) is 6.20 Å². The Labute approximate surface area is 105 Å². The van der Waals surface area contributed by atoms with Crippen LogP contribution in [0, 0.1) is 0 Å². The third kappa shape index (κ3) is 2.48. The van der Waals surface area contributed by atoms with Crippen molar-refractivity contribution in [2.24, 2.45) is 0 Å². The number of aromatic nitrogens is 3. The van der Waals surface area contributed by atoms with E-state index in [-0.39, 0.29) is 5.91 Å². The summed E-state index contributed by atoms with van der Waals surface area (Å²) in [5.74, 6) is 0.576. The highest BCUT2D eigenvalue weighted by molar-refractivity contribution is 5.91. The van der Waals surface area contributed by atoms with Gasteiger partial charge >= 0.3 is 0 Å². The van der Waals surface area contributed by atoms with Gasteiger partial charge in [-0.25, -0.2) is 0 Å². The fraction of sp³-hybridized carbons (Fsp3) is 0.250.